The summed E-state index contributed by atoms with van der Waals surface area (Å²) < 4.78 is 55.3. The first-order valence-corrected chi connectivity index (χ1v) is 13.1. The smallest absolute Gasteiger partial charge is 0.267 e. The third-order valence-corrected chi connectivity index (χ3v) is 7.35. The highest BCUT2D eigenvalue weighted by atomic mass is 32.2. The summed E-state index contributed by atoms with van der Waals surface area (Å²) in [6.07, 6.45) is 9.61. The second-order valence-corrected chi connectivity index (χ2v) is 10.8. The maximum Gasteiger partial charge on any atom is 0.267 e. The standard InChI is InChI=1S/C18H38O7S2/c1-4-5-6-7-8-9-10-11-12-18(19)15-17(16-27(22,23)25-3)13-14-26(20,21)24-2/h17-19H,4-16H2,1-3H3. The van der Waals surface area contributed by atoms with Gasteiger partial charge in [-0.25, -0.2) is 0 Å². The molecule has 0 rings (SSSR count). The lowest BCUT2D eigenvalue weighted by molar-refractivity contribution is 0.132. The van der Waals surface area contributed by atoms with Crippen LogP contribution in [0.2, 0.25) is 0 Å². The first-order valence-electron chi connectivity index (χ1n) is 9.90. The summed E-state index contributed by atoms with van der Waals surface area (Å²) in [5.74, 6) is -1.08. The SMILES string of the molecule is CCCCCCCCCCC(O)CC(CCS(=O)(=O)OC)CS(=O)(=O)OC. The van der Waals surface area contributed by atoms with Crippen LogP contribution >= 0.6 is 0 Å². The summed E-state index contributed by atoms with van der Waals surface area (Å²) in [5.41, 5.74) is 0. The van der Waals surface area contributed by atoms with Crippen molar-refractivity contribution in [3.63, 3.8) is 0 Å². The molecule has 0 heterocycles. The van der Waals surface area contributed by atoms with Gasteiger partial charge in [-0.2, -0.15) is 16.8 Å². The number of rotatable bonds is 18. The molecule has 0 amide bonds. The molecule has 7 nitrogen and oxygen atoms in total. The molecule has 164 valence electrons. The van der Waals surface area contributed by atoms with Crippen molar-refractivity contribution < 1.29 is 30.3 Å². The van der Waals surface area contributed by atoms with E-state index in [-0.39, 0.29) is 24.3 Å². The summed E-state index contributed by atoms with van der Waals surface area (Å²) in [4.78, 5) is 0. The molecule has 27 heavy (non-hydrogen) atoms. The Bertz CT molecular complexity index is 558. The van der Waals surface area contributed by atoms with Crippen LogP contribution in [0.5, 0.6) is 0 Å². The summed E-state index contributed by atoms with van der Waals surface area (Å²) >= 11 is 0. The summed E-state index contributed by atoms with van der Waals surface area (Å²) in [7, 11) is -5.23. The Morgan fingerprint density at radius 2 is 1.30 bits per heavy atom. The maximum absolute atomic E-state index is 11.7. The number of hydrogen-bond acceptors (Lipinski definition) is 7. The van der Waals surface area contributed by atoms with Gasteiger partial charge in [-0.3, -0.25) is 8.37 Å². The average molecular weight is 431 g/mol. The molecule has 0 bridgehead atoms. The molecular weight excluding hydrogens is 392 g/mol. The zero-order chi connectivity index (χ0) is 20.8. The van der Waals surface area contributed by atoms with Crippen molar-refractivity contribution in [3.05, 3.63) is 0 Å². The van der Waals surface area contributed by atoms with E-state index in [0.29, 0.717) is 6.42 Å². The number of hydrogen-bond donors (Lipinski definition) is 1. The van der Waals surface area contributed by atoms with Crippen molar-refractivity contribution >= 4 is 20.2 Å². The average Bonchev–Trinajstić information content (AvgIpc) is 2.62. The number of aliphatic hydroxyl groups excluding tert-OH is 1. The van der Waals surface area contributed by atoms with Crippen molar-refractivity contribution in [2.75, 3.05) is 25.7 Å². The zero-order valence-corrected chi connectivity index (χ0v) is 18.7. The normalized spacial score (nSPS) is 15.0. The van der Waals surface area contributed by atoms with Crippen molar-refractivity contribution in [1.82, 2.24) is 0 Å². The van der Waals surface area contributed by atoms with Gasteiger partial charge in [0.15, 0.2) is 0 Å². The largest absolute Gasteiger partial charge is 0.393 e. The maximum atomic E-state index is 11.7. The third-order valence-electron chi connectivity index (χ3n) is 4.72. The van der Waals surface area contributed by atoms with Crippen molar-refractivity contribution in [2.24, 2.45) is 5.92 Å². The third kappa shape index (κ3) is 15.4. The first-order chi connectivity index (χ1) is 12.7. The summed E-state index contributed by atoms with van der Waals surface area (Å²) in [6.45, 7) is 2.19. The van der Waals surface area contributed by atoms with E-state index in [2.05, 4.69) is 15.3 Å². The van der Waals surface area contributed by atoms with E-state index in [1.807, 2.05) is 0 Å². The predicted molar refractivity (Wildman–Crippen MR) is 108 cm³/mol. The summed E-state index contributed by atoms with van der Waals surface area (Å²) in [5, 5.41) is 10.2. The molecule has 0 spiro atoms. The fourth-order valence-corrected chi connectivity index (χ4v) is 4.84. The molecule has 0 aromatic heterocycles. The molecule has 9 heteroatoms. The molecule has 0 aliphatic rings. The minimum Gasteiger partial charge on any atom is -0.393 e. The van der Waals surface area contributed by atoms with E-state index in [1.54, 1.807) is 0 Å². The lowest BCUT2D eigenvalue weighted by atomic mass is 9.97. The Morgan fingerprint density at radius 1 is 0.778 bits per heavy atom. The van der Waals surface area contributed by atoms with Gasteiger partial charge >= 0.3 is 0 Å². The van der Waals surface area contributed by atoms with Gasteiger partial charge in [0.05, 0.1) is 31.8 Å². The molecule has 2 atom stereocenters. The molecule has 1 N–H and O–H groups in total. The van der Waals surface area contributed by atoms with Gasteiger partial charge in [0.25, 0.3) is 20.2 Å². The highest BCUT2D eigenvalue weighted by molar-refractivity contribution is 7.87. The Hall–Kier alpha value is -0.220. The van der Waals surface area contributed by atoms with Gasteiger partial charge < -0.3 is 5.11 Å². The molecular formula is C18H38O7S2. The van der Waals surface area contributed by atoms with E-state index < -0.39 is 32.3 Å². The summed E-state index contributed by atoms with van der Waals surface area (Å²) in [6, 6.07) is 0. The molecule has 0 saturated heterocycles. The van der Waals surface area contributed by atoms with Crippen LogP contribution in [-0.4, -0.2) is 53.8 Å². The Labute approximate surface area is 166 Å². The molecule has 2 unspecified atom stereocenters. The van der Waals surface area contributed by atoms with Crippen LogP contribution in [-0.2, 0) is 28.6 Å². The Kier molecular flexibility index (Phi) is 14.6. The van der Waals surface area contributed by atoms with Crippen LogP contribution in [0.4, 0.5) is 0 Å². The van der Waals surface area contributed by atoms with Gasteiger partial charge in [0, 0.05) is 0 Å². The van der Waals surface area contributed by atoms with Gasteiger partial charge in [0.1, 0.15) is 0 Å². The van der Waals surface area contributed by atoms with E-state index in [1.165, 1.54) is 32.1 Å². The number of aliphatic hydroxyl groups is 1. The highest BCUT2D eigenvalue weighted by Gasteiger charge is 2.24. The van der Waals surface area contributed by atoms with Gasteiger partial charge in [-0.05, 0) is 25.2 Å². The van der Waals surface area contributed by atoms with Crippen LogP contribution in [0.1, 0.15) is 77.6 Å². The van der Waals surface area contributed by atoms with Crippen LogP contribution < -0.4 is 0 Å². The van der Waals surface area contributed by atoms with Crippen molar-refractivity contribution in [3.8, 4) is 0 Å². The molecule has 0 aromatic rings. The molecule has 0 saturated carbocycles. The van der Waals surface area contributed by atoms with Crippen molar-refractivity contribution in [1.29, 1.82) is 0 Å². The Morgan fingerprint density at radius 3 is 1.81 bits per heavy atom. The zero-order valence-electron chi connectivity index (χ0n) is 17.1. The molecule has 0 aliphatic heterocycles. The lowest BCUT2D eigenvalue weighted by Gasteiger charge is -2.19. The second-order valence-electron chi connectivity index (χ2n) is 7.13. The van der Waals surface area contributed by atoms with Crippen LogP contribution in [0.15, 0.2) is 0 Å². The van der Waals surface area contributed by atoms with E-state index in [0.717, 1.165) is 33.5 Å². The molecule has 0 fully saturated rings. The first kappa shape index (κ1) is 26.8. The van der Waals surface area contributed by atoms with E-state index in [9.17, 15) is 21.9 Å². The van der Waals surface area contributed by atoms with E-state index in [4.69, 9.17) is 0 Å². The van der Waals surface area contributed by atoms with Crippen LogP contribution in [0.3, 0.4) is 0 Å². The van der Waals surface area contributed by atoms with E-state index >= 15 is 0 Å². The van der Waals surface area contributed by atoms with Crippen LogP contribution in [0, 0.1) is 5.92 Å². The highest BCUT2D eigenvalue weighted by Crippen LogP contribution is 2.20. The fraction of sp³-hybridized carbons (Fsp3) is 1.00. The molecule has 0 aliphatic carbocycles. The molecule has 0 radical (unpaired) electrons. The monoisotopic (exact) mass is 430 g/mol. The topological polar surface area (TPSA) is 107 Å². The Balaban J connectivity index is 4.30. The quantitative estimate of drug-likeness (QED) is 0.263. The number of unbranched alkanes of at least 4 members (excludes halogenated alkanes) is 7. The predicted octanol–water partition coefficient (Wildman–Crippen LogP) is 3.23. The lowest BCUT2D eigenvalue weighted by Crippen LogP contribution is -2.24. The molecule has 0 aromatic carbocycles. The minimum atomic E-state index is -3.73. The fourth-order valence-electron chi connectivity index (χ4n) is 3.04. The van der Waals surface area contributed by atoms with Gasteiger partial charge in [-0.1, -0.05) is 58.3 Å². The van der Waals surface area contributed by atoms with Gasteiger partial charge in [-0.15, -0.1) is 0 Å². The van der Waals surface area contributed by atoms with Crippen LogP contribution in [0.25, 0.3) is 0 Å². The van der Waals surface area contributed by atoms with Gasteiger partial charge in [0.2, 0.25) is 0 Å². The van der Waals surface area contributed by atoms with Crippen molar-refractivity contribution in [2.45, 2.75) is 83.7 Å². The minimum absolute atomic E-state index is 0.104. The second kappa shape index (κ2) is 14.7.